The molecule has 4 aliphatic heterocycles. The summed E-state index contributed by atoms with van der Waals surface area (Å²) in [5.41, 5.74) is -3.60. The van der Waals surface area contributed by atoms with Crippen molar-refractivity contribution in [3.63, 3.8) is 0 Å². The number of ether oxygens (including phenoxy) is 4. The number of nitrogens with one attached hydrogen (secondary N) is 1. The van der Waals surface area contributed by atoms with Crippen LogP contribution in [0.2, 0.25) is 0 Å². The summed E-state index contributed by atoms with van der Waals surface area (Å²) in [4.78, 5) is 33.9. The summed E-state index contributed by atoms with van der Waals surface area (Å²) in [5, 5.41) is 132. The number of aliphatic hydroxyl groups is 12. The van der Waals surface area contributed by atoms with Gasteiger partial charge in [0, 0.05) is 25.9 Å². The van der Waals surface area contributed by atoms with Gasteiger partial charge >= 0.3 is 29.6 Å². The molecule has 0 aromatic rings. The van der Waals surface area contributed by atoms with E-state index >= 15 is 0 Å². The number of carbonyl (C=O) groups is 2. The van der Waals surface area contributed by atoms with E-state index in [4.69, 9.17) is 18.9 Å². The van der Waals surface area contributed by atoms with Crippen molar-refractivity contribution < 1.29 is 134 Å². The van der Waals surface area contributed by atoms with Crippen LogP contribution in [0.4, 0.5) is 0 Å². The van der Waals surface area contributed by atoms with E-state index in [9.17, 15) is 85.4 Å². The summed E-state index contributed by atoms with van der Waals surface area (Å²) in [6.07, 6.45) is -16.2. The van der Waals surface area contributed by atoms with E-state index in [2.05, 4.69) is 5.32 Å². The minimum Gasteiger partial charge on any atom is -0.799 e. The molecule has 13 N–H and O–H groups in total. The van der Waals surface area contributed by atoms with Gasteiger partial charge in [0.05, 0.1) is 60.8 Å². The molecule has 4 fully saturated rings. The van der Waals surface area contributed by atoms with E-state index in [1.54, 1.807) is 55.4 Å². The van der Waals surface area contributed by atoms with E-state index in [-0.39, 0.29) is 66.1 Å². The Kier molecular flexibility index (Phi) is 33.6. The van der Waals surface area contributed by atoms with Gasteiger partial charge in [-0.2, -0.15) is 0 Å². The summed E-state index contributed by atoms with van der Waals surface area (Å²) in [7, 11) is -3.10. The van der Waals surface area contributed by atoms with Gasteiger partial charge in [0.15, 0.2) is 0 Å². The molecule has 0 aromatic carbocycles. The zero-order valence-corrected chi connectivity index (χ0v) is 53.3. The Labute approximate surface area is 488 Å². The third-order valence-electron chi connectivity index (χ3n) is 14.5. The quantitative estimate of drug-likeness (QED) is 0.0925. The zero-order chi connectivity index (χ0) is 60.6. The molecule has 0 bridgehead atoms. The number of carboxylic acid groups (broad SMARTS) is 1. The zero-order valence-electron chi connectivity index (χ0n) is 50.4. The van der Waals surface area contributed by atoms with Gasteiger partial charge in [-0.25, -0.2) is 0 Å². The number of amides is 1. The van der Waals surface area contributed by atoms with Crippen LogP contribution in [0.25, 0.3) is 0 Å². The molecule has 462 valence electrons. The Hall–Kier alpha value is -0.510. The predicted molar refractivity (Wildman–Crippen MR) is 287 cm³/mol. The molecule has 1 amide bonds. The maximum Gasteiger partial charge on any atom is 1.00 e. The van der Waals surface area contributed by atoms with Crippen molar-refractivity contribution in [2.24, 2.45) is 21.7 Å². The number of carboxylic acids is 1. The molecular formula is C54H108NNaO21P-. The van der Waals surface area contributed by atoms with Crippen LogP contribution in [0.5, 0.6) is 0 Å². The van der Waals surface area contributed by atoms with Crippen molar-refractivity contribution >= 4 is 19.2 Å². The smallest absolute Gasteiger partial charge is 0.799 e. The van der Waals surface area contributed by atoms with Crippen LogP contribution in [0, 0.1) is 21.7 Å². The van der Waals surface area contributed by atoms with Gasteiger partial charge in [0.1, 0.15) is 72.7 Å². The Morgan fingerprint density at radius 3 is 1.21 bits per heavy atom. The van der Waals surface area contributed by atoms with E-state index in [0.29, 0.717) is 12.8 Å². The second kappa shape index (κ2) is 32.1. The summed E-state index contributed by atoms with van der Waals surface area (Å²) < 4.78 is 33.2. The Morgan fingerprint density at radius 1 is 0.628 bits per heavy atom. The molecule has 0 aliphatic carbocycles. The van der Waals surface area contributed by atoms with Crippen molar-refractivity contribution in [3.8, 4) is 0 Å². The number of hydrogen-bond donors (Lipinski definition) is 13. The largest absolute Gasteiger partial charge is 1.00 e. The molecule has 22 unspecified atom stereocenters. The first-order valence-corrected chi connectivity index (χ1v) is 28.6. The Morgan fingerprint density at radius 2 is 0.949 bits per heavy atom. The average Bonchev–Trinajstić information content (AvgIpc) is 3.26. The van der Waals surface area contributed by atoms with Crippen LogP contribution in [-0.2, 0) is 33.1 Å². The van der Waals surface area contributed by atoms with E-state index in [1.165, 1.54) is 13.6 Å². The van der Waals surface area contributed by atoms with E-state index < -0.39 is 157 Å². The minimum atomic E-state index is -3.10. The molecule has 0 aromatic heterocycles. The Bertz CT molecular complexity index is 1740. The molecule has 24 heteroatoms. The van der Waals surface area contributed by atoms with Crippen molar-refractivity contribution in [2.45, 2.75) is 304 Å². The van der Waals surface area contributed by atoms with Crippen molar-refractivity contribution in [1.82, 2.24) is 5.32 Å². The van der Waals surface area contributed by atoms with Crippen LogP contribution in [-0.4, -0.2) is 213 Å². The van der Waals surface area contributed by atoms with E-state index in [1.807, 2.05) is 76.2 Å². The van der Waals surface area contributed by atoms with Gasteiger partial charge in [-0.15, -0.1) is 0 Å². The third-order valence-corrected chi connectivity index (χ3v) is 17.0. The molecule has 22 nitrogen and oxygen atoms in total. The van der Waals surface area contributed by atoms with Crippen LogP contribution in [0.1, 0.15) is 172 Å². The number of aliphatic carboxylic acids is 1. The van der Waals surface area contributed by atoms with E-state index in [0.717, 1.165) is 0 Å². The molecule has 0 spiro atoms. The first-order valence-electron chi connectivity index (χ1n) is 26.5. The van der Waals surface area contributed by atoms with Crippen LogP contribution in [0.15, 0.2) is 0 Å². The molecule has 4 aliphatic rings. The maximum atomic E-state index is 11.8. The second-order valence-electron chi connectivity index (χ2n) is 26.2. The fourth-order valence-electron chi connectivity index (χ4n) is 8.85. The summed E-state index contributed by atoms with van der Waals surface area (Å²) >= 11 is 0. The number of aliphatic hydroxyl groups excluding tert-OH is 12. The van der Waals surface area contributed by atoms with Gasteiger partial charge in [-0.3, -0.25) is 4.79 Å². The molecule has 78 heavy (non-hydrogen) atoms. The molecular weight excluding hydrogens is 1050 g/mol. The summed E-state index contributed by atoms with van der Waals surface area (Å²) in [5.74, 6) is -1.99. The Balaban J connectivity index is -0.000000930. The van der Waals surface area contributed by atoms with Gasteiger partial charge in [0.25, 0.3) is 0 Å². The first kappa shape index (κ1) is 81.7. The van der Waals surface area contributed by atoms with Gasteiger partial charge in [-0.05, 0) is 54.5 Å². The first-order chi connectivity index (χ1) is 33.9. The maximum absolute atomic E-state index is 11.8. The molecule has 4 saturated heterocycles. The monoisotopic (exact) mass is 1160 g/mol. The van der Waals surface area contributed by atoms with Gasteiger partial charge in [-0.1, -0.05) is 132 Å². The molecule has 4 heterocycles. The topological polar surface area (TPSA) is 389 Å². The number of rotatable bonds is 7. The van der Waals surface area contributed by atoms with Gasteiger partial charge < -0.3 is 105 Å². The molecule has 22 atom stereocenters. The van der Waals surface area contributed by atoms with Crippen molar-refractivity contribution in [1.29, 1.82) is 0 Å². The average molecular weight is 1160 g/mol. The number of carbonyl (C=O) groups excluding carboxylic acids is 2. The SMILES string of the molecule is C.CC(C)(C)P(C)(=O)[O-].CC1OC(C(C)(C)C)C(O)C(O)C1O.CCC(O)C(O)C1OC(C(=O)[O-])(C(C)(C)C)CC(O)C1NC(C)=O.CCC1OC(C(C)(C)C)C(O)C(O)C1O.CCC1OC(C(C)(C)C)C(O)C(O)C1O.[Na+]. The number of hydrogen-bond acceptors (Lipinski definition) is 21. The standard InChI is InChI=1S/C16H29NO7.2C11H22O4.C10H20O4.C5H13O2P.CH4.Na/c1-6-9(19)12(21)13-11(17-8(2)18)10(20)7-16(24-13,14(22)23)15(3,4)5;2*1-5-6-7(12)8(13)9(14)10(15-6)11(2,3)4;1-5-6(11)7(12)8(13)9(14-5)10(2,3)4;1-5(2,3)8(4,6)7;;/h9-13,19-21H,6-7H2,1-5H3,(H,17,18)(H,22,23);2*6-10,12-14H,5H2,1-4H3;5-9,11-13H,1-4H3;1-4H3,(H,6,7);1H4;/q;;;;;;+1/p-2. The normalized spacial score (nSPS) is 37.1. The fraction of sp³-hybridized carbons (Fsp3) is 0.963. The molecule has 0 saturated carbocycles. The summed E-state index contributed by atoms with van der Waals surface area (Å²) in [6.45, 7) is 37.0. The van der Waals surface area contributed by atoms with Crippen molar-refractivity contribution in [2.75, 3.05) is 6.66 Å². The van der Waals surface area contributed by atoms with Crippen molar-refractivity contribution in [3.05, 3.63) is 0 Å². The minimum absolute atomic E-state index is 0. The van der Waals surface area contributed by atoms with Crippen LogP contribution in [0.3, 0.4) is 0 Å². The summed E-state index contributed by atoms with van der Waals surface area (Å²) in [6, 6.07) is -1.05. The van der Waals surface area contributed by atoms with Crippen LogP contribution < -0.4 is 44.9 Å². The molecule has 4 rings (SSSR count). The fourth-order valence-corrected chi connectivity index (χ4v) is 8.85. The third kappa shape index (κ3) is 22.2. The van der Waals surface area contributed by atoms with Gasteiger partial charge in [0.2, 0.25) is 5.91 Å². The van der Waals surface area contributed by atoms with Crippen LogP contribution >= 0.6 is 7.37 Å². The predicted octanol–water partition coefficient (Wildman–Crippen LogP) is -2.51. The molecule has 0 radical (unpaired) electrons. The second-order valence-corrected chi connectivity index (χ2v) is 29.2.